The van der Waals surface area contributed by atoms with Crippen LogP contribution in [0.2, 0.25) is 0 Å². The van der Waals surface area contributed by atoms with Crippen molar-refractivity contribution in [3.63, 3.8) is 0 Å². The lowest BCUT2D eigenvalue weighted by Crippen LogP contribution is -2.29. The van der Waals surface area contributed by atoms with Crippen LogP contribution in [0.1, 0.15) is 34.3 Å². The number of hydrogen-bond acceptors (Lipinski definition) is 5. The minimum atomic E-state index is -4.15. The molecule has 2 aromatic carbocycles. The minimum Gasteiger partial charge on any atom is -0.495 e. The predicted molar refractivity (Wildman–Crippen MR) is 117 cm³/mol. The van der Waals surface area contributed by atoms with Crippen molar-refractivity contribution in [2.75, 3.05) is 24.9 Å². The van der Waals surface area contributed by atoms with Gasteiger partial charge in [0.2, 0.25) is 0 Å². The molecule has 0 radical (unpaired) electrons. The SMILES string of the molecule is COc1ccc(/C=C/C(=O)O)cc1S(=O)(=O)Nc1c(C)cccc1C(=O)N1CCCC1. The summed E-state index contributed by atoms with van der Waals surface area (Å²) >= 11 is 0. The fraction of sp³-hybridized carbons (Fsp3) is 0.273. The van der Waals surface area contributed by atoms with Crippen LogP contribution in [0.25, 0.3) is 6.08 Å². The van der Waals surface area contributed by atoms with Gasteiger partial charge in [0.05, 0.1) is 18.4 Å². The number of nitrogens with one attached hydrogen (secondary N) is 1. The molecule has 164 valence electrons. The second-order valence-corrected chi connectivity index (χ2v) is 8.83. The van der Waals surface area contributed by atoms with Crippen molar-refractivity contribution in [2.45, 2.75) is 24.7 Å². The number of aryl methyl sites for hydroxylation is 1. The number of benzene rings is 2. The molecule has 2 N–H and O–H groups in total. The Labute approximate surface area is 181 Å². The number of likely N-dealkylation sites (tertiary alicyclic amines) is 1. The standard InChI is InChI=1S/C22H24N2O6S/c1-15-6-5-7-17(22(27)24-12-3-4-13-24)21(15)23-31(28,29)19-14-16(9-11-20(25)26)8-10-18(19)30-2/h5-11,14,23H,3-4,12-13H2,1-2H3,(H,25,26)/b11-9+. The van der Waals surface area contributed by atoms with Crippen LogP contribution >= 0.6 is 0 Å². The number of carbonyl (C=O) groups is 2. The molecule has 1 heterocycles. The zero-order chi connectivity index (χ0) is 22.6. The summed E-state index contributed by atoms with van der Waals surface area (Å²) < 4.78 is 34.3. The van der Waals surface area contributed by atoms with Gasteiger partial charge >= 0.3 is 5.97 Å². The summed E-state index contributed by atoms with van der Waals surface area (Å²) in [5.74, 6) is -1.27. The maximum atomic E-state index is 13.3. The molecule has 0 aliphatic carbocycles. The molecule has 1 aliphatic heterocycles. The highest BCUT2D eigenvalue weighted by Crippen LogP contribution is 2.31. The van der Waals surface area contributed by atoms with Crippen molar-refractivity contribution in [1.29, 1.82) is 0 Å². The minimum absolute atomic E-state index is 0.0981. The fourth-order valence-corrected chi connectivity index (χ4v) is 4.79. The molecule has 0 saturated carbocycles. The average molecular weight is 445 g/mol. The third-order valence-corrected chi connectivity index (χ3v) is 6.40. The monoisotopic (exact) mass is 444 g/mol. The van der Waals surface area contributed by atoms with Crippen LogP contribution in [0.15, 0.2) is 47.4 Å². The Bertz CT molecular complexity index is 1130. The van der Waals surface area contributed by atoms with Crippen LogP contribution < -0.4 is 9.46 Å². The maximum Gasteiger partial charge on any atom is 0.328 e. The highest BCUT2D eigenvalue weighted by molar-refractivity contribution is 7.92. The van der Waals surface area contributed by atoms with Crippen molar-refractivity contribution in [2.24, 2.45) is 0 Å². The Morgan fingerprint density at radius 2 is 1.87 bits per heavy atom. The number of carbonyl (C=O) groups excluding carboxylic acids is 1. The number of ether oxygens (including phenoxy) is 1. The number of anilines is 1. The van der Waals surface area contributed by atoms with Gasteiger partial charge in [-0.05, 0) is 55.2 Å². The van der Waals surface area contributed by atoms with Gasteiger partial charge in [0.25, 0.3) is 15.9 Å². The summed E-state index contributed by atoms with van der Waals surface area (Å²) in [6.45, 7) is 3.01. The van der Waals surface area contributed by atoms with E-state index in [1.165, 1.54) is 25.3 Å². The first-order chi connectivity index (χ1) is 14.7. The van der Waals surface area contributed by atoms with Gasteiger partial charge in [-0.25, -0.2) is 13.2 Å². The first-order valence-electron chi connectivity index (χ1n) is 9.73. The molecule has 9 heteroatoms. The number of sulfonamides is 1. The van der Waals surface area contributed by atoms with Crippen molar-refractivity contribution in [3.8, 4) is 5.75 Å². The topological polar surface area (TPSA) is 113 Å². The molecular weight excluding hydrogens is 420 g/mol. The Balaban J connectivity index is 2.02. The molecular formula is C22H24N2O6S. The fourth-order valence-electron chi connectivity index (χ4n) is 3.44. The number of amides is 1. The van der Waals surface area contributed by atoms with Crippen molar-refractivity contribution in [3.05, 3.63) is 59.2 Å². The zero-order valence-electron chi connectivity index (χ0n) is 17.3. The van der Waals surface area contributed by atoms with E-state index in [1.807, 2.05) is 0 Å². The average Bonchev–Trinajstić information content (AvgIpc) is 3.28. The van der Waals surface area contributed by atoms with E-state index in [9.17, 15) is 18.0 Å². The lowest BCUT2D eigenvalue weighted by atomic mass is 10.1. The summed E-state index contributed by atoms with van der Waals surface area (Å²) in [7, 11) is -2.80. The van der Waals surface area contributed by atoms with E-state index in [1.54, 1.807) is 36.1 Å². The number of para-hydroxylation sites is 1. The van der Waals surface area contributed by atoms with E-state index in [-0.39, 0.29) is 27.8 Å². The molecule has 1 fully saturated rings. The molecule has 0 spiro atoms. The molecule has 3 rings (SSSR count). The van der Waals surface area contributed by atoms with Crippen LogP contribution in [0, 0.1) is 6.92 Å². The van der Waals surface area contributed by atoms with Gasteiger partial charge in [-0.15, -0.1) is 0 Å². The maximum absolute atomic E-state index is 13.3. The van der Waals surface area contributed by atoms with Gasteiger partial charge in [-0.2, -0.15) is 0 Å². The highest BCUT2D eigenvalue weighted by Gasteiger charge is 2.26. The molecule has 8 nitrogen and oxygen atoms in total. The van der Waals surface area contributed by atoms with Gasteiger partial charge < -0.3 is 14.7 Å². The molecule has 0 atom stereocenters. The predicted octanol–water partition coefficient (Wildman–Crippen LogP) is 3.14. The van der Waals surface area contributed by atoms with Crippen molar-refractivity contribution in [1.82, 2.24) is 4.90 Å². The lowest BCUT2D eigenvalue weighted by molar-refractivity contribution is -0.131. The number of carboxylic acid groups (broad SMARTS) is 1. The number of aliphatic carboxylic acids is 1. The van der Waals surface area contributed by atoms with E-state index in [0.717, 1.165) is 18.9 Å². The van der Waals surface area contributed by atoms with Gasteiger partial charge in [0, 0.05) is 19.2 Å². The van der Waals surface area contributed by atoms with E-state index < -0.39 is 16.0 Å². The molecule has 1 aliphatic rings. The van der Waals surface area contributed by atoms with Gasteiger partial charge in [0.1, 0.15) is 10.6 Å². The van der Waals surface area contributed by atoms with Crippen LogP contribution in [0.5, 0.6) is 5.75 Å². The third kappa shape index (κ3) is 5.05. The van der Waals surface area contributed by atoms with E-state index in [4.69, 9.17) is 9.84 Å². The van der Waals surface area contributed by atoms with Crippen molar-refractivity contribution < 1.29 is 27.9 Å². The normalized spacial score (nSPS) is 14.1. The van der Waals surface area contributed by atoms with Crippen molar-refractivity contribution >= 4 is 33.7 Å². The Morgan fingerprint density at radius 3 is 2.52 bits per heavy atom. The summed E-state index contributed by atoms with van der Waals surface area (Å²) in [5.41, 5.74) is 1.48. The Hall–Kier alpha value is -3.33. The molecule has 0 aromatic heterocycles. The number of rotatable bonds is 7. The third-order valence-electron chi connectivity index (χ3n) is 5.03. The van der Waals surface area contributed by atoms with Crippen LogP contribution in [0.3, 0.4) is 0 Å². The van der Waals surface area contributed by atoms with E-state index >= 15 is 0 Å². The molecule has 1 saturated heterocycles. The largest absolute Gasteiger partial charge is 0.495 e. The van der Waals surface area contributed by atoms with Gasteiger partial charge in [0.15, 0.2) is 0 Å². The Morgan fingerprint density at radius 1 is 1.16 bits per heavy atom. The smallest absolute Gasteiger partial charge is 0.328 e. The lowest BCUT2D eigenvalue weighted by Gasteiger charge is -2.20. The van der Waals surface area contributed by atoms with Crippen LogP contribution in [-0.4, -0.2) is 50.5 Å². The van der Waals surface area contributed by atoms with Gasteiger partial charge in [-0.1, -0.05) is 18.2 Å². The first-order valence-corrected chi connectivity index (χ1v) is 11.2. The summed E-state index contributed by atoms with van der Waals surface area (Å²) in [6.07, 6.45) is 4.05. The number of methoxy groups -OCH3 is 1. The summed E-state index contributed by atoms with van der Waals surface area (Å²) in [6, 6.07) is 9.36. The first kappa shape index (κ1) is 22.4. The number of nitrogens with zero attached hydrogens (tertiary/aromatic N) is 1. The Kier molecular flexibility index (Phi) is 6.65. The quantitative estimate of drug-likeness (QED) is 0.635. The van der Waals surface area contributed by atoms with Crippen LogP contribution in [0.4, 0.5) is 5.69 Å². The van der Waals surface area contributed by atoms with Crippen LogP contribution in [-0.2, 0) is 14.8 Å². The number of carboxylic acids is 1. The molecule has 0 bridgehead atoms. The summed E-state index contributed by atoms with van der Waals surface area (Å²) in [5, 5.41) is 8.82. The van der Waals surface area contributed by atoms with E-state index in [0.29, 0.717) is 24.2 Å². The van der Waals surface area contributed by atoms with E-state index in [2.05, 4.69) is 4.72 Å². The molecule has 2 aromatic rings. The second-order valence-electron chi connectivity index (χ2n) is 7.18. The molecule has 31 heavy (non-hydrogen) atoms. The molecule has 0 unspecified atom stereocenters. The second kappa shape index (κ2) is 9.22. The molecule has 1 amide bonds. The summed E-state index contributed by atoms with van der Waals surface area (Å²) in [4.78, 5) is 25.3. The highest BCUT2D eigenvalue weighted by atomic mass is 32.2. The number of hydrogen-bond donors (Lipinski definition) is 2. The zero-order valence-corrected chi connectivity index (χ0v) is 18.1. The van der Waals surface area contributed by atoms with Gasteiger partial charge in [-0.3, -0.25) is 9.52 Å².